The number of amides is 1. The number of carboxylic acid groups (broad SMARTS) is 2. The van der Waals surface area contributed by atoms with Crippen molar-refractivity contribution in [1.82, 2.24) is 5.32 Å². The number of hydrogen-bond donors (Lipinski definition) is 3. The Hall–Kier alpha value is -3.84. The Morgan fingerprint density at radius 2 is 1.55 bits per heavy atom. The highest BCUT2D eigenvalue weighted by molar-refractivity contribution is 6.33. The molecule has 0 spiro atoms. The predicted octanol–water partition coefficient (Wildman–Crippen LogP) is 4.57. The van der Waals surface area contributed by atoms with Crippen LogP contribution in [0.15, 0.2) is 66.7 Å². The third kappa shape index (κ3) is 4.68. The summed E-state index contributed by atoms with van der Waals surface area (Å²) in [4.78, 5) is 35.2. The zero-order valence-electron chi connectivity index (χ0n) is 17.3. The van der Waals surface area contributed by atoms with Gasteiger partial charge in [-0.25, -0.2) is 14.4 Å². The first kappa shape index (κ1) is 22.4. The number of carboxylic acids is 2. The van der Waals surface area contributed by atoms with Gasteiger partial charge in [0, 0.05) is 12.3 Å². The average molecular weight is 466 g/mol. The van der Waals surface area contributed by atoms with E-state index in [2.05, 4.69) is 5.32 Å². The Labute approximate surface area is 194 Å². The summed E-state index contributed by atoms with van der Waals surface area (Å²) in [5.74, 6) is -2.58. The Kier molecular flexibility index (Phi) is 6.33. The van der Waals surface area contributed by atoms with Crippen molar-refractivity contribution in [3.8, 4) is 11.1 Å². The lowest BCUT2D eigenvalue weighted by atomic mass is 9.98. The molecule has 8 heteroatoms. The van der Waals surface area contributed by atoms with E-state index in [0.717, 1.165) is 22.3 Å². The van der Waals surface area contributed by atoms with E-state index in [9.17, 15) is 19.5 Å². The number of benzene rings is 3. The summed E-state index contributed by atoms with van der Waals surface area (Å²) in [6.07, 6.45) is -0.934. The minimum atomic E-state index is -1.27. The highest BCUT2D eigenvalue weighted by Gasteiger charge is 2.30. The van der Waals surface area contributed by atoms with E-state index in [0.29, 0.717) is 5.56 Å². The Balaban J connectivity index is 1.43. The van der Waals surface area contributed by atoms with Gasteiger partial charge in [0.15, 0.2) is 0 Å². The lowest BCUT2D eigenvalue weighted by Crippen LogP contribution is -2.42. The van der Waals surface area contributed by atoms with Crippen LogP contribution in [0.4, 0.5) is 4.79 Å². The lowest BCUT2D eigenvalue weighted by molar-refractivity contribution is -0.139. The van der Waals surface area contributed by atoms with Crippen LogP contribution in [0.25, 0.3) is 11.1 Å². The van der Waals surface area contributed by atoms with Crippen molar-refractivity contribution in [1.29, 1.82) is 0 Å². The SMILES string of the molecule is O=C(N[C@@H](Cc1ccc(C(=O)O)c(Cl)c1)C(=O)O)OCC1c2ccccc2-c2ccccc21. The number of nitrogens with one attached hydrogen (secondary N) is 1. The van der Waals surface area contributed by atoms with E-state index in [1.807, 2.05) is 48.5 Å². The molecule has 3 aromatic carbocycles. The number of halogens is 1. The van der Waals surface area contributed by atoms with Crippen molar-refractivity contribution in [3.63, 3.8) is 0 Å². The normalized spacial score (nSPS) is 13.0. The topological polar surface area (TPSA) is 113 Å². The van der Waals surface area contributed by atoms with Gasteiger partial charge in [0.05, 0.1) is 10.6 Å². The molecule has 1 amide bonds. The molecule has 1 aliphatic carbocycles. The van der Waals surface area contributed by atoms with Gasteiger partial charge in [-0.05, 0) is 39.9 Å². The lowest BCUT2D eigenvalue weighted by Gasteiger charge is -2.18. The molecular formula is C25H20ClNO6. The number of ether oxygens (including phenoxy) is 1. The maximum absolute atomic E-state index is 12.4. The second-order valence-electron chi connectivity index (χ2n) is 7.68. The number of carbonyl (C=O) groups excluding carboxylic acids is 1. The molecule has 0 aliphatic heterocycles. The van der Waals surface area contributed by atoms with E-state index < -0.39 is 24.1 Å². The van der Waals surface area contributed by atoms with Crippen LogP contribution in [0.1, 0.15) is 33.0 Å². The summed E-state index contributed by atoms with van der Waals surface area (Å²) in [5, 5.41) is 21.0. The third-order valence-electron chi connectivity index (χ3n) is 5.64. The van der Waals surface area contributed by atoms with Crippen molar-refractivity contribution < 1.29 is 29.3 Å². The fourth-order valence-electron chi connectivity index (χ4n) is 4.08. The predicted molar refractivity (Wildman–Crippen MR) is 122 cm³/mol. The van der Waals surface area contributed by atoms with Gasteiger partial charge in [-0.1, -0.05) is 66.2 Å². The van der Waals surface area contributed by atoms with Gasteiger partial charge >= 0.3 is 18.0 Å². The van der Waals surface area contributed by atoms with Gasteiger partial charge in [-0.15, -0.1) is 0 Å². The van der Waals surface area contributed by atoms with Crippen LogP contribution in [0.5, 0.6) is 0 Å². The summed E-state index contributed by atoms with van der Waals surface area (Å²) in [5.41, 5.74) is 4.66. The number of alkyl carbamates (subject to hydrolysis) is 1. The molecule has 33 heavy (non-hydrogen) atoms. The van der Waals surface area contributed by atoms with Crippen LogP contribution in [-0.2, 0) is 16.0 Å². The second kappa shape index (κ2) is 9.34. The van der Waals surface area contributed by atoms with Gasteiger partial charge in [0.2, 0.25) is 0 Å². The summed E-state index contributed by atoms with van der Waals surface area (Å²) in [7, 11) is 0. The van der Waals surface area contributed by atoms with Gasteiger partial charge < -0.3 is 20.3 Å². The zero-order chi connectivity index (χ0) is 23.5. The van der Waals surface area contributed by atoms with Crippen molar-refractivity contribution in [2.45, 2.75) is 18.4 Å². The van der Waals surface area contributed by atoms with Crippen LogP contribution in [-0.4, -0.2) is 40.9 Å². The number of fused-ring (bicyclic) bond motifs is 3. The van der Waals surface area contributed by atoms with E-state index in [4.69, 9.17) is 21.4 Å². The summed E-state index contributed by atoms with van der Waals surface area (Å²) in [6, 6.07) is 18.7. The molecule has 3 aromatic rings. The molecular weight excluding hydrogens is 446 g/mol. The first-order valence-corrected chi connectivity index (χ1v) is 10.6. The highest BCUT2D eigenvalue weighted by atomic mass is 35.5. The van der Waals surface area contributed by atoms with E-state index in [1.165, 1.54) is 18.2 Å². The number of aromatic carboxylic acids is 1. The molecule has 1 atom stereocenters. The molecule has 3 N–H and O–H groups in total. The largest absolute Gasteiger partial charge is 0.480 e. The second-order valence-corrected chi connectivity index (χ2v) is 8.09. The number of hydrogen-bond acceptors (Lipinski definition) is 4. The van der Waals surface area contributed by atoms with Crippen molar-refractivity contribution in [2.24, 2.45) is 0 Å². The van der Waals surface area contributed by atoms with Gasteiger partial charge in [-0.2, -0.15) is 0 Å². The molecule has 0 radical (unpaired) electrons. The maximum atomic E-state index is 12.4. The van der Waals surface area contributed by atoms with Crippen LogP contribution in [0.2, 0.25) is 5.02 Å². The standard InChI is InChI=1S/C25H20ClNO6/c26-21-11-14(9-10-19(21)23(28)29)12-22(24(30)31)27-25(32)33-13-20-17-7-3-1-5-15(17)16-6-2-4-8-18(16)20/h1-11,20,22H,12-13H2,(H,27,32)(H,28,29)(H,30,31)/t22-/m0/s1. The van der Waals surface area contributed by atoms with Gasteiger partial charge in [-0.3, -0.25) is 0 Å². The molecule has 0 aromatic heterocycles. The Morgan fingerprint density at radius 1 is 0.939 bits per heavy atom. The van der Waals surface area contributed by atoms with Crippen LogP contribution >= 0.6 is 11.6 Å². The fraction of sp³-hybridized carbons (Fsp3) is 0.160. The molecule has 0 saturated heterocycles. The third-order valence-corrected chi connectivity index (χ3v) is 5.95. The number of carbonyl (C=O) groups is 3. The quantitative estimate of drug-likeness (QED) is 0.471. The number of aliphatic carboxylic acids is 1. The van der Waals surface area contributed by atoms with Crippen molar-refractivity contribution in [2.75, 3.05) is 6.61 Å². The molecule has 0 saturated carbocycles. The van der Waals surface area contributed by atoms with E-state index in [1.54, 1.807) is 0 Å². The van der Waals surface area contributed by atoms with Crippen LogP contribution in [0.3, 0.4) is 0 Å². The smallest absolute Gasteiger partial charge is 0.407 e. The van der Waals surface area contributed by atoms with Crippen molar-refractivity contribution >= 4 is 29.6 Å². The number of rotatable bonds is 7. The minimum Gasteiger partial charge on any atom is -0.480 e. The molecule has 0 unspecified atom stereocenters. The van der Waals surface area contributed by atoms with Crippen LogP contribution < -0.4 is 5.32 Å². The molecule has 1 aliphatic rings. The first-order valence-electron chi connectivity index (χ1n) is 10.2. The van der Waals surface area contributed by atoms with E-state index in [-0.39, 0.29) is 29.5 Å². The molecule has 0 fully saturated rings. The summed E-state index contributed by atoms with van der Waals surface area (Å²) >= 11 is 5.96. The Bertz CT molecular complexity index is 1200. The summed E-state index contributed by atoms with van der Waals surface area (Å²) < 4.78 is 5.42. The molecule has 168 valence electrons. The molecule has 0 bridgehead atoms. The molecule has 7 nitrogen and oxygen atoms in total. The zero-order valence-corrected chi connectivity index (χ0v) is 18.1. The van der Waals surface area contributed by atoms with E-state index >= 15 is 0 Å². The first-order chi connectivity index (χ1) is 15.8. The fourth-order valence-corrected chi connectivity index (χ4v) is 4.36. The Morgan fingerprint density at radius 3 is 2.09 bits per heavy atom. The van der Waals surface area contributed by atoms with Crippen LogP contribution in [0, 0.1) is 0 Å². The summed E-state index contributed by atoms with van der Waals surface area (Å²) in [6.45, 7) is 0.0608. The highest BCUT2D eigenvalue weighted by Crippen LogP contribution is 2.44. The monoisotopic (exact) mass is 465 g/mol. The minimum absolute atomic E-state index is 0.00900. The molecule has 4 rings (SSSR count). The van der Waals surface area contributed by atoms with Gasteiger partial charge in [0.1, 0.15) is 12.6 Å². The molecule has 0 heterocycles. The average Bonchev–Trinajstić information content (AvgIpc) is 3.11. The van der Waals surface area contributed by atoms with Crippen molar-refractivity contribution in [3.05, 3.63) is 94.0 Å². The van der Waals surface area contributed by atoms with Gasteiger partial charge in [0.25, 0.3) is 0 Å². The maximum Gasteiger partial charge on any atom is 0.407 e.